The summed E-state index contributed by atoms with van der Waals surface area (Å²) < 4.78 is 97.7. The lowest BCUT2D eigenvalue weighted by atomic mass is 9.90. The molecule has 0 heterocycles. The largest absolute Gasteiger partial charge is 0.422 e. The van der Waals surface area contributed by atoms with Gasteiger partial charge in [-0.25, -0.2) is 37.8 Å². The predicted octanol–water partition coefficient (Wildman–Crippen LogP) is 9.15. The Morgan fingerprint density at radius 1 is 0.627 bits per heavy atom. The summed E-state index contributed by atoms with van der Waals surface area (Å²) in [5.41, 5.74) is 2.22. The van der Waals surface area contributed by atoms with Crippen molar-refractivity contribution in [2.45, 2.75) is 25.9 Å². The van der Waals surface area contributed by atoms with E-state index >= 15 is 0 Å². The van der Waals surface area contributed by atoms with E-state index in [-0.39, 0.29) is 56.9 Å². The highest BCUT2D eigenvalue weighted by molar-refractivity contribution is 5.94. The van der Waals surface area contributed by atoms with Gasteiger partial charge in [0.25, 0.3) is 11.4 Å². The Kier molecular flexibility index (Phi) is 7.55. The van der Waals surface area contributed by atoms with Crippen molar-refractivity contribution in [1.29, 1.82) is 10.5 Å². The summed E-state index contributed by atoms with van der Waals surface area (Å²) in [6.45, 7) is 17.1. The van der Waals surface area contributed by atoms with Crippen molar-refractivity contribution in [2.75, 3.05) is 0 Å². The molecule has 0 spiro atoms. The molecule has 5 aromatic rings. The second-order valence-electron chi connectivity index (χ2n) is 12.1. The van der Waals surface area contributed by atoms with Crippen LogP contribution in [0, 0.1) is 66.0 Å². The zero-order valence-electron chi connectivity index (χ0n) is 26.1. The molecule has 246 valence electrons. The third kappa shape index (κ3) is 5.02. The van der Waals surface area contributed by atoms with E-state index in [0.717, 1.165) is 0 Å². The number of nitrogens with zero attached hydrogens (tertiary/aromatic N) is 4. The average molecular weight is 687 g/mol. The van der Waals surface area contributed by atoms with Crippen LogP contribution in [-0.4, -0.2) is 0 Å². The summed E-state index contributed by atoms with van der Waals surface area (Å²) in [5, 5.41) is 20.8. The normalized spacial score (nSPS) is 13.5. The number of rotatable bonds is 2. The highest BCUT2D eigenvalue weighted by Crippen LogP contribution is 2.43. The molecule has 0 amide bonds. The van der Waals surface area contributed by atoms with Crippen LogP contribution >= 0.6 is 0 Å². The van der Waals surface area contributed by atoms with Crippen molar-refractivity contribution in [3.8, 4) is 56.6 Å². The lowest BCUT2D eigenvalue weighted by Crippen LogP contribution is -2.25. The number of nitriles is 2. The molecule has 0 atom stereocenters. The van der Waals surface area contributed by atoms with Gasteiger partial charge in [-0.1, -0.05) is 36.4 Å². The molecule has 2 aliphatic carbocycles. The number of fused-ring (bicyclic) bond motifs is 6. The zero-order valence-corrected chi connectivity index (χ0v) is 26.1. The maximum Gasteiger partial charge on any atom is 0.422 e. The maximum atomic E-state index is 14.5. The topological polar surface area (TPSA) is 56.3 Å². The van der Waals surface area contributed by atoms with Crippen LogP contribution in [0.4, 0.5) is 30.7 Å². The molecule has 0 bridgehead atoms. The number of hydrogen-bond donors (Lipinski definition) is 0. The Hall–Kier alpha value is -6.69. The smallest absolute Gasteiger partial charge is 0.226 e. The van der Waals surface area contributed by atoms with Gasteiger partial charge < -0.3 is 0 Å². The molecule has 0 saturated heterocycles. The average Bonchev–Trinajstić information content (AvgIpc) is 3.65. The van der Waals surface area contributed by atoms with E-state index in [4.69, 9.17) is 13.1 Å². The van der Waals surface area contributed by atoms with Crippen molar-refractivity contribution in [2.24, 2.45) is 0 Å². The molecule has 5 aromatic carbocycles. The summed E-state index contributed by atoms with van der Waals surface area (Å²) in [6, 6.07) is 17.1. The van der Waals surface area contributed by atoms with E-state index in [9.17, 15) is 41.3 Å². The minimum absolute atomic E-state index is 0.0562. The Bertz CT molecular complexity index is 2660. The molecule has 0 fully saturated rings. The molecule has 51 heavy (non-hydrogen) atoms. The summed E-state index contributed by atoms with van der Waals surface area (Å²) >= 11 is 0. The summed E-state index contributed by atoms with van der Waals surface area (Å²) in [4.78, 5) is 7.00. The van der Waals surface area contributed by atoms with Crippen LogP contribution in [0.5, 0.6) is 0 Å². The highest BCUT2D eigenvalue weighted by Gasteiger charge is 2.38. The Morgan fingerprint density at radius 3 is 1.43 bits per heavy atom. The molecule has 0 saturated carbocycles. The van der Waals surface area contributed by atoms with Gasteiger partial charge >= 0.3 is 6.18 Å². The molecule has 0 N–H and O–H groups in total. The van der Waals surface area contributed by atoms with E-state index in [1.54, 1.807) is 24.3 Å². The Balaban J connectivity index is 1.50. The van der Waals surface area contributed by atoms with Crippen LogP contribution in [0.3, 0.4) is 0 Å². The third-order valence-corrected chi connectivity index (χ3v) is 9.37. The lowest BCUT2D eigenvalue weighted by Gasteiger charge is -2.14. The number of benzene rings is 5. The van der Waals surface area contributed by atoms with E-state index in [0.29, 0.717) is 62.2 Å². The summed E-state index contributed by atoms with van der Waals surface area (Å²) in [6.07, 6.45) is -5.04. The van der Waals surface area contributed by atoms with Crippen LogP contribution in [0.25, 0.3) is 65.6 Å². The molecule has 2 aliphatic rings. The van der Waals surface area contributed by atoms with Crippen LogP contribution < -0.4 is 10.4 Å². The van der Waals surface area contributed by atoms with E-state index in [2.05, 4.69) is 9.69 Å². The molecular weight excluding hydrogens is 669 g/mol. The molecular formula is C40H17F7N4. The molecule has 0 aliphatic heterocycles. The van der Waals surface area contributed by atoms with Crippen molar-refractivity contribution < 1.29 is 30.7 Å². The van der Waals surface area contributed by atoms with Gasteiger partial charge in [-0.05, 0) is 116 Å². The first-order valence-corrected chi connectivity index (χ1v) is 15.1. The fourth-order valence-electron chi connectivity index (χ4n) is 7.13. The van der Waals surface area contributed by atoms with Gasteiger partial charge in [0, 0.05) is 10.8 Å². The number of alkyl halides is 3. The molecule has 4 nitrogen and oxygen atoms in total. The van der Waals surface area contributed by atoms with Gasteiger partial charge in [-0.3, -0.25) is 0 Å². The third-order valence-electron chi connectivity index (χ3n) is 9.37. The first-order chi connectivity index (χ1) is 24.3. The van der Waals surface area contributed by atoms with Crippen molar-refractivity contribution in [3.63, 3.8) is 0 Å². The van der Waals surface area contributed by atoms with Crippen LogP contribution in [0.1, 0.15) is 33.4 Å². The Morgan fingerprint density at radius 2 is 1.04 bits per heavy atom. The van der Waals surface area contributed by atoms with Crippen molar-refractivity contribution in [3.05, 3.63) is 151 Å². The molecule has 7 rings (SSSR count). The van der Waals surface area contributed by atoms with Crippen LogP contribution in [0.2, 0.25) is 0 Å². The molecule has 0 radical (unpaired) electrons. The monoisotopic (exact) mass is 686 g/mol. The van der Waals surface area contributed by atoms with Crippen LogP contribution in [0.15, 0.2) is 60.7 Å². The van der Waals surface area contributed by atoms with E-state index < -0.39 is 35.0 Å². The van der Waals surface area contributed by atoms with Crippen molar-refractivity contribution in [1.82, 2.24) is 0 Å². The fourth-order valence-corrected chi connectivity index (χ4v) is 7.13. The first kappa shape index (κ1) is 32.8. The predicted molar refractivity (Wildman–Crippen MR) is 174 cm³/mol. The van der Waals surface area contributed by atoms with Gasteiger partial charge in [0.2, 0.25) is 0 Å². The zero-order chi connectivity index (χ0) is 36.5. The second kappa shape index (κ2) is 11.7. The first-order valence-electron chi connectivity index (χ1n) is 15.1. The lowest BCUT2D eigenvalue weighted by molar-refractivity contribution is -0.142. The van der Waals surface area contributed by atoms with E-state index in [1.165, 1.54) is 31.2 Å². The van der Waals surface area contributed by atoms with E-state index in [1.807, 2.05) is 12.1 Å². The molecule has 0 aromatic heterocycles. The van der Waals surface area contributed by atoms with Gasteiger partial charge in [-0.15, -0.1) is 0 Å². The minimum Gasteiger partial charge on any atom is -0.226 e. The summed E-state index contributed by atoms with van der Waals surface area (Å²) in [5.74, 6) is -5.00. The number of halogens is 7. The highest BCUT2D eigenvalue weighted by atomic mass is 19.4. The van der Waals surface area contributed by atoms with Crippen molar-refractivity contribution >= 4 is 11.4 Å². The maximum absolute atomic E-state index is 14.5. The van der Waals surface area contributed by atoms with Gasteiger partial charge in [0.15, 0.2) is 0 Å². The standard InChI is InChI=1S/C40H17F7N4/c1-18-29(41)12-21(13-30(18)42)19-4-6-25-23(8-19)10-27-35(33(16-48)50-2)28-11-24-9-20(22-14-31(43)39(32(44)15-22)40(45,46)47)5-7-26(24)37(28)38(36(25)27)34(17-49)51-3/h4-9,12-15H,10-11H2,1H3/b35-33+,38-34+. The fraction of sp³-hybridized carbons (Fsp3) is 0.100. The number of hydrogen-bond acceptors (Lipinski definition) is 2. The summed E-state index contributed by atoms with van der Waals surface area (Å²) in [7, 11) is 0. The van der Waals surface area contributed by atoms with Gasteiger partial charge in [0.05, 0.1) is 25.3 Å². The molecule has 11 heteroatoms. The SMILES string of the molecule is [C-]#[N+]/C(C#N)=c1\c2c(/c(=C(/C#N)[N+]#[C-])c3c1Cc1cc(-c4cc(F)c(C(F)(F)F)c(F)c4)ccc1-3)-c1ccc(-c3cc(F)c(C)c(F)c3)cc1C2. The minimum atomic E-state index is -5.24. The molecule has 0 unspecified atom stereocenters. The van der Waals surface area contributed by atoms with Gasteiger partial charge in [0.1, 0.15) is 28.8 Å². The van der Waals surface area contributed by atoms with Gasteiger partial charge in [-0.2, -0.15) is 13.2 Å². The Labute approximate surface area is 285 Å². The second-order valence-corrected chi connectivity index (χ2v) is 12.1. The van der Waals surface area contributed by atoms with Crippen LogP contribution in [-0.2, 0) is 19.0 Å². The quantitative estimate of drug-likeness (QED) is 0.135.